The van der Waals surface area contributed by atoms with Crippen LogP contribution in [0.3, 0.4) is 0 Å². The Hall–Kier alpha value is -0.900. The molecule has 0 heterocycles. The molecule has 1 atom stereocenters. The summed E-state index contributed by atoms with van der Waals surface area (Å²) in [6, 6.07) is -0.931. The first kappa shape index (κ1) is 26.0. The van der Waals surface area contributed by atoms with Crippen LogP contribution in [-0.4, -0.2) is 74.0 Å². The van der Waals surface area contributed by atoms with Crippen LogP contribution in [0.1, 0.15) is 33.1 Å². The zero-order chi connectivity index (χ0) is 17.0. The Morgan fingerprint density at radius 3 is 1.91 bits per heavy atom. The maximum Gasteiger partial charge on any atom is 2.00 e. The molecule has 0 aliphatic heterocycles. The summed E-state index contributed by atoms with van der Waals surface area (Å²) >= 11 is 0. The standard InChI is InChI=1S/C6H14N4O2.C6H10O3.Ca/c7-4(5(11)12)2-1-3-10-6(8)9;1-4(2)3-5(7)6(8)9;/h4H,1-3,7H2,(H,11,12)(H4,8,9,10);4H,3H2,1-2H3,(H,8,9);/q;;+2/p-2/t4-;;/m0../s1. The number of Topliss-reactive ketones (excluding diaryl/α,β-unsaturated/α-hetero) is 1. The van der Waals surface area contributed by atoms with Crippen molar-refractivity contribution < 1.29 is 24.6 Å². The fourth-order valence-corrected chi connectivity index (χ4v) is 1.09. The third kappa shape index (κ3) is 19.1. The first-order chi connectivity index (χ1) is 9.57. The van der Waals surface area contributed by atoms with Crippen LogP contribution in [0.15, 0.2) is 4.99 Å². The maximum atomic E-state index is 10.3. The SMILES string of the molecule is CC(C)CC(=O)C(=O)[O-].NC(N)=NCCC[C@H](N)C(=O)[O-].[Ca+2]. The number of carbonyl (C=O) groups excluding carboxylic acids is 3. The van der Waals surface area contributed by atoms with Gasteiger partial charge in [-0.1, -0.05) is 13.8 Å². The van der Waals surface area contributed by atoms with Gasteiger partial charge < -0.3 is 37.0 Å². The Bertz CT molecular complexity index is 384. The number of carboxylic acid groups (broad SMARTS) is 2. The van der Waals surface area contributed by atoms with E-state index in [4.69, 9.17) is 17.2 Å². The Morgan fingerprint density at radius 2 is 1.64 bits per heavy atom. The molecule has 0 amide bonds. The van der Waals surface area contributed by atoms with Gasteiger partial charge in [0.15, 0.2) is 11.7 Å². The van der Waals surface area contributed by atoms with Crippen molar-refractivity contribution in [1.82, 2.24) is 0 Å². The normalized spacial score (nSPS) is 10.5. The molecular weight excluding hydrogens is 320 g/mol. The average molecular weight is 342 g/mol. The number of ketones is 1. The van der Waals surface area contributed by atoms with E-state index in [0.29, 0.717) is 19.4 Å². The molecule has 22 heavy (non-hydrogen) atoms. The second kappa shape index (κ2) is 15.0. The van der Waals surface area contributed by atoms with E-state index in [-0.39, 0.29) is 56.0 Å². The van der Waals surface area contributed by atoms with Gasteiger partial charge in [-0.2, -0.15) is 0 Å². The smallest absolute Gasteiger partial charge is 0.548 e. The molecule has 0 saturated heterocycles. The number of nitrogens with zero attached hydrogens (tertiary/aromatic N) is 1. The molecular formula is C12H22CaN4O5. The summed E-state index contributed by atoms with van der Waals surface area (Å²) in [4.78, 5) is 33.8. The first-order valence-electron chi connectivity index (χ1n) is 6.33. The van der Waals surface area contributed by atoms with Crippen LogP contribution in [-0.2, 0) is 14.4 Å². The van der Waals surface area contributed by atoms with Crippen LogP contribution in [0.5, 0.6) is 0 Å². The number of aliphatic carboxylic acids is 2. The largest absolute Gasteiger partial charge is 2.00 e. The molecule has 0 aliphatic carbocycles. The molecule has 0 radical (unpaired) electrons. The van der Waals surface area contributed by atoms with Gasteiger partial charge in [0.05, 0.1) is 5.97 Å². The average Bonchev–Trinajstić information content (AvgIpc) is 2.33. The van der Waals surface area contributed by atoms with Crippen LogP contribution in [0.4, 0.5) is 0 Å². The van der Waals surface area contributed by atoms with Gasteiger partial charge in [0.1, 0.15) is 5.97 Å². The van der Waals surface area contributed by atoms with Crippen molar-refractivity contribution in [3.05, 3.63) is 0 Å². The van der Waals surface area contributed by atoms with Crippen LogP contribution in [0.2, 0.25) is 0 Å². The summed E-state index contributed by atoms with van der Waals surface area (Å²) in [6.45, 7) is 3.95. The summed E-state index contributed by atoms with van der Waals surface area (Å²) in [5.74, 6) is -3.55. The molecule has 0 fully saturated rings. The Labute approximate surface area is 159 Å². The summed E-state index contributed by atoms with van der Waals surface area (Å²) in [6.07, 6.45) is 0.925. The summed E-state index contributed by atoms with van der Waals surface area (Å²) in [5.41, 5.74) is 15.2. The second-order valence-electron chi connectivity index (χ2n) is 4.68. The van der Waals surface area contributed by atoms with Crippen molar-refractivity contribution in [2.24, 2.45) is 28.1 Å². The van der Waals surface area contributed by atoms with Crippen molar-refractivity contribution in [1.29, 1.82) is 0 Å². The van der Waals surface area contributed by atoms with E-state index in [0.717, 1.165) is 0 Å². The molecule has 0 aromatic rings. The third-order valence-electron chi connectivity index (χ3n) is 2.09. The fourth-order valence-electron chi connectivity index (χ4n) is 1.09. The molecule has 9 nitrogen and oxygen atoms in total. The van der Waals surface area contributed by atoms with Crippen molar-refractivity contribution in [3.63, 3.8) is 0 Å². The Balaban J connectivity index is -0.000000326. The summed E-state index contributed by atoms with van der Waals surface area (Å²) < 4.78 is 0. The van der Waals surface area contributed by atoms with Crippen LogP contribution >= 0.6 is 0 Å². The van der Waals surface area contributed by atoms with Gasteiger partial charge in [-0.15, -0.1) is 0 Å². The van der Waals surface area contributed by atoms with Crippen LogP contribution in [0, 0.1) is 5.92 Å². The second-order valence-corrected chi connectivity index (χ2v) is 4.68. The minimum atomic E-state index is -1.58. The molecule has 0 rings (SSSR count). The van der Waals surface area contributed by atoms with E-state index in [2.05, 4.69) is 4.99 Å². The Morgan fingerprint density at radius 1 is 1.14 bits per heavy atom. The zero-order valence-corrected chi connectivity index (χ0v) is 15.1. The molecule has 122 valence electrons. The Kier molecular flexibility index (Phi) is 17.8. The number of guanidine groups is 1. The van der Waals surface area contributed by atoms with Gasteiger partial charge in [-0.05, 0) is 18.8 Å². The number of hydrogen-bond donors (Lipinski definition) is 3. The molecule has 0 aromatic heterocycles. The van der Waals surface area contributed by atoms with E-state index in [1.807, 2.05) is 0 Å². The maximum absolute atomic E-state index is 10.3. The van der Waals surface area contributed by atoms with E-state index >= 15 is 0 Å². The van der Waals surface area contributed by atoms with E-state index in [1.165, 1.54) is 0 Å². The van der Waals surface area contributed by atoms with Crippen molar-refractivity contribution in [3.8, 4) is 0 Å². The minimum Gasteiger partial charge on any atom is -0.548 e. The van der Waals surface area contributed by atoms with Gasteiger partial charge in [0, 0.05) is 19.0 Å². The van der Waals surface area contributed by atoms with Crippen LogP contribution < -0.4 is 27.4 Å². The van der Waals surface area contributed by atoms with Gasteiger partial charge >= 0.3 is 37.7 Å². The number of carboxylic acids is 2. The predicted octanol–water partition coefficient (Wildman–Crippen LogP) is -3.91. The molecule has 0 unspecified atom stereocenters. The van der Waals surface area contributed by atoms with Crippen molar-refractivity contribution in [2.45, 2.75) is 39.2 Å². The topological polar surface area (TPSA) is 188 Å². The zero-order valence-electron chi connectivity index (χ0n) is 12.9. The van der Waals surface area contributed by atoms with Gasteiger partial charge in [-0.25, -0.2) is 0 Å². The number of nitrogens with two attached hydrogens (primary N) is 3. The molecule has 10 heteroatoms. The van der Waals surface area contributed by atoms with E-state index < -0.39 is 23.8 Å². The van der Waals surface area contributed by atoms with Crippen molar-refractivity contribution >= 4 is 61.4 Å². The van der Waals surface area contributed by atoms with Gasteiger partial charge in [0.2, 0.25) is 0 Å². The molecule has 6 N–H and O–H groups in total. The number of hydrogen-bond acceptors (Lipinski definition) is 7. The third-order valence-corrected chi connectivity index (χ3v) is 2.09. The van der Waals surface area contributed by atoms with Gasteiger partial charge in [-0.3, -0.25) is 9.79 Å². The monoisotopic (exact) mass is 342 g/mol. The number of carbonyl (C=O) groups is 3. The molecule has 0 spiro atoms. The molecule has 0 aliphatic rings. The molecule has 0 saturated carbocycles. The van der Waals surface area contributed by atoms with E-state index in [9.17, 15) is 24.6 Å². The predicted molar refractivity (Wildman–Crippen MR) is 78.1 cm³/mol. The van der Waals surface area contributed by atoms with Gasteiger partial charge in [0.25, 0.3) is 0 Å². The number of aliphatic imine (C=N–C) groups is 1. The number of rotatable bonds is 8. The minimum absolute atomic E-state index is 0. The van der Waals surface area contributed by atoms with Crippen LogP contribution in [0.25, 0.3) is 0 Å². The molecule has 0 aromatic carbocycles. The van der Waals surface area contributed by atoms with Crippen molar-refractivity contribution in [2.75, 3.05) is 6.54 Å². The first-order valence-corrected chi connectivity index (χ1v) is 6.33. The summed E-state index contributed by atoms with van der Waals surface area (Å²) in [5, 5.41) is 19.9. The molecule has 0 bridgehead atoms. The fraction of sp³-hybridized carbons (Fsp3) is 0.667. The van der Waals surface area contributed by atoms with E-state index in [1.54, 1.807) is 13.8 Å². The quantitative estimate of drug-likeness (QED) is 0.131. The summed E-state index contributed by atoms with van der Waals surface area (Å²) in [7, 11) is 0.